The molecule has 5 aromatic rings. The number of aromatic nitrogens is 8. The molecule has 0 aliphatic carbocycles. The number of piperidine rings is 1. The second-order valence-corrected chi connectivity index (χ2v) is 9.92. The van der Waals surface area contributed by atoms with Gasteiger partial charge in [0.25, 0.3) is 0 Å². The fraction of sp³-hybridized carbons (Fsp3) is 0.375. The molecule has 174 valence electrons. The first kappa shape index (κ1) is 20.8. The topological polar surface area (TPSA) is 116 Å². The van der Waals surface area contributed by atoms with Gasteiger partial charge in [-0.2, -0.15) is 15.3 Å². The van der Waals surface area contributed by atoms with E-state index in [1.54, 1.807) is 12.4 Å². The number of likely N-dealkylation sites (tertiary alicyclic amines) is 1. The lowest BCUT2D eigenvalue weighted by Crippen LogP contribution is -2.46. The highest BCUT2D eigenvalue weighted by Crippen LogP contribution is 2.30. The van der Waals surface area contributed by atoms with Crippen LogP contribution in [0.2, 0.25) is 0 Å². The smallest absolute Gasteiger partial charge is 0.162 e. The van der Waals surface area contributed by atoms with Crippen LogP contribution in [0.4, 0.5) is 11.5 Å². The quantitative estimate of drug-likeness (QED) is 0.370. The van der Waals surface area contributed by atoms with Crippen LogP contribution in [0.1, 0.15) is 39.7 Å². The number of hydrogen-bond donors (Lipinski definition) is 3. The van der Waals surface area contributed by atoms with Crippen LogP contribution in [0.15, 0.2) is 43.0 Å². The van der Waals surface area contributed by atoms with Gasteiger partial charge in [-0.25, -0.2) is 9.97 Å². The number of H-pyrrole nitrogens is 2. The molecule has 3 N–H and O–H groups in total. The minimum Gasteiger partial charge on any atom is -0.336 e. The third-order valence-electron chi connectivity index (χ3n) is 6.65. The van der Waals surface area contributed by atoms with Crippen LogP contribution in [-0.2, 0) is 0 Å². The second kappa shape index (κ2) is 7.91. The lowest BCUT2D eigenvalue weighted by Gasteiger charge is -2.40. The highest BCUT2D eigenvalue weighted by molar-refractivity contribution is 5.89. The first-order chi connectivity index (χ1) is 16.4. The number of anilines is 2. The first-order valence-electron chi connectivity index (χ1n) is 11.6. The van der Waals surface area contributed by atoms with E-state index < -0.39 is 0 Å². The van der Waals surface area contributed by atoms with Crippen LogP contribution in [0.5, 0.6) is 0 Å². The summed E-state index contributed by atoms with van der Waals surface area (Å²) in [7, 11) is 0. The number of fused-ring (bicyclic) bond motifs is 2. The minimum atomic E-state index is 0.212. The first-order valence-corrected chi connectivity index (χ1v) is 11.6. The number of hydrogen-bond acceptors (Lipinski definition) is 7. The summed E-state index contributed by atoms with van der Waals surface area (Å²) in [6.45, 7) is 9.01. The van der Waals surface area contributed by atoms with Gasteiger partial charge in [-0.15, -0.1) is 0 Å². The molecule has 1 aromatic carbocycles. The van der Waals surface area contributed by atoms with Crippen LogP contribution >= 0.6 is 0 Å². The van der Waals surface area contributed by atoms with Crippen molar-refractivity contribution >= 4 is 33.4 Å². The molecule has 0 unspecified atom stereocenters. The molecule has 1 aliphatic rings. The van der Waals surface area contributed by atoms with Gasteiger partial charge < -0.3 is 5.32 Å². The van der Waals surface area contributed by atoms with Gasteiger partial charge in [0, 0.05) is 35.8 Å². The van der Waals surface area contributed by atoms with Gasteiger partial charge in [0.15, 0.2) is 11.6 Å². The van der Waals surface area contributed by atoms with E-state index in [1.165, 1.54) is 0 Å². The van der Waals surface area contributed by atoms with E-state index in [4.69, 9.17) is 9.97 Å². The van der Waals surface area contributed by atoms with Gasteiger partial charge in [-0.3, -0.25) is 19.8 Å². The summed E-state index contributed by atoms with van der Waals surface area (Å²) >= 11 is 0. The van der Waals surface area contributed by atoms with Gasteiger partial charge in [0.2, 0.25) is 0 Å². The summed E-state index contributed by atoms with van der Waals surface area (Å²) in [4.78, 5) is 12.1. The van der Waals surface area contributed by atoms with E-state index >= 15 is 0 Å². The SMILES string of the molecule is CC(C)(C)N1CCC(n2cc(Nc3nc(-c4ccc5cn[nH]c5c4)nc4cn[nH]c34)cn2)CC1. The Hall–Kier alpha value is -3.79. The van der Waals surface area contributed by atoms with Crippen molar-refractivity contribution in [2.24, 2.45) is 0 Å². The van der Waals surface area contributed by atoms with Crippen LogP contribution < -0.4 is 5.32 Å². The van der Waals surface area contributed by atoms with Gasteiger partial charge in [0.1, 0.15) is 11.0 Å². The molecular weight excluding hydrogens is 428 g/mol. The molecule has 10 nitrogen and oxygen atoms in total. The van der Waals surface area contributed by atoms with Gasteiger partial charge >= 0.3 is 0 Å². The van der Waals surface area contributed by atoms with E-state index in [1.807, 2.05) is 24.4 Å². The molecule has 0 bridgehead atoms. The van der Waals surface area contributed by atoms with E-state index in [0.717, 1.165) is 59.1 Å². The molecule has 6 rings (SSSR count). The van der Waals surface area contributed by atoms with E-state index in [9.17, 15) is 0 Å². The van der Waals surface area contributed by atoms with Crippen molar-refractivity contribution in [3.8, 4) is 11.4 Å². The molecule has 1 aliphatic heterocycles. The molecule has 10 heteroatoms. The fourth-order valence-electron chi connectivity index (χ4n) is 4.68. The summed E-state index contributed by atoms with van der Waals surface area (Å²) in [5.74, 6) is 1.29. The number of rotatable bonds is 4. The zero-order valence-electron chi connectivity index (χ0n) is 19.6. The monoisotopic (exact) mass is 456 g/mol. The highest BCUT2D eigenvalue weighted by atomic mass is 15.3. The molecule has 34 heavy (non-hydrogen) atoms. The minimum absolute atomic E-state index is 0.212. The van der Waals surface area contributed by atoms with E-state index in [0.29, 0.717) is 17.7 Å². The maximum atomic E-state index is 4.82. The Labute approximate surface area is 196 Å². The average Bonchev–Trinajstić information content (AvgIpc) is 3.58. The van der Waals surface area contributed by atoms with Gasteiger partial charge in [0.05, 0.1) is 35.8 Å². The molecule has 5 heterocycles. The van der Waals surface area contributed by atoms with Crippen LogP contribution in [0.25, 0.3) is 33.3 Å². The normalized spacial score (nSPS) is 16.0. The van der Waals surface area contributed by atoms with Crippen LogP contribution in [0.3, 0.4) is 0 Å². The molecule has 0 radical (unpaired) electrons. The van der Waals surface area contributed by atoms with Crippen molar-refractivity contribution < 1.29 is 0 Å². The average molecular weight is 457 g/mol. The molecule has 1 fully saturated rings. The Bertz CT molecular complexity index is 1450. The molecule has 1 saturated heterocycles. The Kier molecular flexibility index (Phi) is 4.84. The highest BCUT2D eigenvalue weighted by Gasteiger charge is 2.28. The third-order valence-corrected chi connectivity index (χ3v) is 6.65. The van der Waals surface area contributed by atoms with Crippen molar-refractivity contribution in [1.82, 2.24) is 45.0 Å². The number of benzene rings is 1. The molecule has 0 spiro atoms. The van der Waals surface area contributed by atoms with Gasteiger partial charge in [-0.1, -0.05) is 12.1 Å². The molecule has 4 aromatic heterocycles. The Morgan fingerprint density at radius 3 is 2.65 bits per heavy atom. The summed E-state index contributed by atoms with van der Waals surface area (Å²) in [5.41, 5.74) is 4.47. The van der Waals surface area contributed by atoms with Crippen molar-refractivity contribution in [3.05, 3.63) is 43.0 Å². The summed E-state index contributed by atoms with van der Waals surface area (Å²) < 4.78 is 2.08. The fourth-order valence-corrected chi connectivity index (χ4v) is 4.68. The standard InChI is InChI=1S/C24H28N10/c1-24(2,3)33-8-6-18(7-9-33)34-14-17(12-27-34)28-23-21-20(13-26-32-21)29-22(30-23)15-4-5-16-11-25-31-19(16)10-15/h4-5,10-14,18H,6-9H2,1-3H3,(H,25,31)(H,26,32)(H,28,29,30). The zero-order valence-corrected chi connectivity index (χ0v) is 19.6. The molecule has 0 atom stereocenters. The lowest BCUT2D eigenvalue weighted by atomic mass is 9.98. The summed E-state index contributed by atoms with van der Waals surface area (Å²) in [6, 6.07) is 6.43. The van der Waals surface area contributed by atoms with Crippen molar-refractivity contribution in [2.45, 2.75) is 45.2 Å². The maximum Gasteiger partial charge on any atom is 0.162 e. The predicted octanol–water partition coefficient (Wildman–Crippen LogP) is 4.27. The third kappa shape index (κ3) is 3.79. The number of nitrogens with one attached hydrogen (secondary N) is 3. The van der Waals surface area contributed by atoms with Crippen molar-refractivity contribution in [1.29, 1.82) is 0 Å². The predicted molar refractivity (Wildman–Crippen MR) is 132 cm³/mol. The lowest BCUT2D eigenvalue weighted by molar-refractivity contribution is 0.0870. The molecule has 0 amide bonds. The maximum absolute atomic E-state index is 4.82. The largest absolute Gasteiger partial charge is 0.336 e. The number of nitrogens with zero attached hydrogens (tertiary/aromatic N) is 7. The summed E-state index contributed by atoms with van der Waals surface area (Å²) in [5, 5.41) is 23.4. The summed E-state index contributed by atoms with van der Waals surface area (Å²) in [6.07, 6.45) is 9.63. The Morgan fingerprint density at radius 2 is 1.82 bits per heavy atom. The van der Waals surface area contributed by atoms with Gasteiger partial charge in [-0.05, 0) is 39.7 Å². The zero-order chi connectivity index (χ0) is 23.3. The second-order valence-electron chi connectivity index (χ2n) is 9.92. The van der Waals surface area contributed by atoms with E-state index in [2.05, 4.69) is 67.4 Å². The van der Waals surface area contributed by atoms with E-state index in [-0.39, 0.29) is 5.54 Å². The Morgan fingerprint density at radius 1 is 1.00 bits per heavy atom. The van der Waals surface area contributed by atoms with Crippen LogP contribution in [-0.4, -0.2) is 63.7 Å². The van der Waals surface area contributed by atoms with Crippen molar-refractivity contribution in [2.75, 3.05) is 18.4 Å². The van der Waals surface area contributed by atoms with Crippen LogP contribution in [0, 0.1) is 0 Å². The molecule has 0 saturated carbocycles. The molecular formula is C24H28N10. The van der Waals surface area contributed by atoms with Crippen molar-refractivity contribution in [3.63, 3.8) is 0 Å². The number of aromatic amines is 2. The Balaban J connectivity index is 1.26.